The number of nitrogens with one attached hydrogen (secondary N) is 1. The van der Waals surface area contributed by atoms with Crippen molar-refractivity contribution in [2.75, 3.05) is 40.3 Å². The predicted molar refractivity (Wildman–Crippen MR) is 75.9 cm³/mol. The smallest absolute Gasteiger partial charge is 0.140 e. The van der Waals surface area contributed by atoms with Gasteiger partial charge in [-0.3, -0.25) is 4.90 Å². The lowest BCUT2D eigenvalue weighted by Gasteiger charge is -2.37. The van der Waals surface area contributed by atoms with Crippen LogP contribution in [0.2, 0.25) is 0 Å². The van der Waals surface area contributed by atoms with Gasteiger partial charge in [-0.2, -0.15) is 5.10 Å². The van der Waals surface area contributed by atoms with Crippen LogP contribution in [0.5, 0.6) is 0 Å². The molecule has 108 valence electrons. The Labute approximate surface area is 115 Å². The molecule has 1 saturated heterocycles. The molecule has 1 aliphatic rings. The normalized spacial score (nSPS) is 21.9. The summed E-state index contributed by atoms with van der Waals surface area (Å²) in [5.74, 6) is 1.04. The number of piperazine rings is 1. The van der Waals surface area contributed by atoms with Crippen LogP contribution >= 0.6 is 0 Å². The Hall–Kier alpha value is -0.980. The minimum absolute atomic E-state index is 0.585. The maximum Gasteiger partial charge on any atom is 0.140 e. The standard InChI is InChI=1S/C13H26N6/c1-4-5-19-13(15-11-16-19)9-14-8-12-10-17(2)6-7-18(12)3/h11-12,14H,4-10H2,1-3H3. The molecular formula is C13H26N6. The van der Waals surface area contributed by atoms with E-state index in [4.69, 9.17) is 0 Å². The van der Waals surface area contributed by atoms with E-state index in [-0.39, 0.29) is 0 Å². The summed E-state index contributed by atoms with van der Waals surface area (Å²) in [5, 5.41) is 7.76. The maximum atomic E-state index is 4.32. The first kappa shape index (κ1) is 14.4. The molecule has 1 N–H and O–H groups in total. The quantitative estimate of drug-likeness (QED) is 0.787. The minimum atomic E-state index is 0.585. The Morgan fingerprint density at radius 1 is 1.37 bits per heavy atom. The summed E-state index contributed by atoms with van der Waals surface area (Å²) >= 11 is 0. The summed E-state index contributed by atoms with van der Waals surface area (Å²) in [6.07, 6.45) is 2.74. The van der Waals surface area contributed by atoms with Crippen molar-refractivity contribution in [3.05, 3.63) is 12.2 Å². The van der Waals surface area contributed by atoms with E-state index in [0.717, 1.165) is 51.5 Å². The molecule has 1 aromatic heterocycles. The van der Waals surface area contributed by atoms with Gasteiger partial charge in [-0.15, -0.1) is 0 Å². The number of aryl methyl sites for hydroxylation is 1. The molecule has 6 heteroatoms. The number of aromatic nitrogens is 3. The van der Waals surface area contributed by atoms with Gasteiger partial charge in [0, 0.05) is 38.8 Å². The number of rotatable bonds is 6. The van der Waals surface area contributed by atoms with Crippen molar-refractivity contribution in [2.45, 2.75) is 32.5 Å². The fourth-order valence-corrected chi connectivity index (χ4v) is 2.50. The third kappa shape index (κ3) is 3.99. The van der Waals surface area contributed by atoms with Gasteiger partial charge in [0.15, 0.2) is 0 Å². The zero-order chi connectivity index (χ0) is 13.7. The number of nitrogens with zero attached hydrogens (tertiary/aromatic N) is 5. The van der Waals surface area contributed by atoms with Crippen LogP contribution in [0.15, 0.2) is 6.33 Å². The molecule has 1 unspecified atom stereocenters. The van der Waals surface area contributed by atoms with Crippen LogP contribution in [0.1, 0.15) is 19.2 Å². The van der Waals surface area contributed by atoms with Crippen LogP contribution in [0.3, 0.4) is 0 Å². The van der Waals surface area contributed by atoms with Gasteiger partial charge in [-0.25, -0.2) is 9.67 Å². The second-order valence-electron chi connectivity index (χ2n) is 5.43. The van der Waals surface area contributed by atoms with Crippen molar-refractivity contribution in [1.29, 1.82) is 0 Å². The molecule has 1 aliphatic heterocycles. The van der Waals surface area contributed by atoms with E-state index in [0.29, 0.717) is 6.04 Å². The molecule has 0 radical (unpaired) electrons. The topological polar surface area (TPSA) is 49.2 Å². The summed E-state index contributed by atoms with van der Waals surface area (Å²) in [6.45, 7) is 8.35. The molecule has 0 aliphatic carbocycles. The van der Waals surface area contributed by atoms with E-state index in [1.54, 1.807) is 6.33 Å². The Bertz CT molecular complexity index is 377. The molecule has 1 aromatic rings. The molecule has 2 heterocycles. The maximum absolute atomic E-state index is 4.32. The first-order chi connectivity index (χ1) is 9.20. The van der Waals surface area contributed by atoms with Gasteiger partial charge in [0.2, 0.25) is 0 Å². The Balaban J connectivity index is 1.77. The zero-order valence-electron chi connectivity index (χ0n) is 12.3. The van der Waals surface area contributed by atoms with E-state index in [2.05, 4.69) is 46.2 Å². The van der Waals surface area contributed by atoms with Crippen LogP contribution in [-0.4, -0.2) is 70.9 Å². The van der Waals surface area contributed by atoms with Gasteiger partial charge in [-0.1, -0.05) is 6.92 Å². The second-order valence-corrected chi connectivity index (χ2v) is 5.43. The zero-order valence-corrected chi connectivity index (χ0v) is 12.3. The second kappa shape index (κ2) is 6.98. The number of hydrogen-bond acceptors (Lipinski definition) is 5. The molecule has 0 aromatic carbocycles. The van der Waals surface area contributed by atoms with Crippen LogP contribution < -0.4 is 5.32 Å². The summed E-state index contributed by atoms with van der Waals surface area (Å²) in [4.78, 5) is 9.15. The summed E-state index contributed by atoms with van der Waals surface area (Å²) in [5.41, 5.74) is 0. The molecule has 0 saturated carbocycles. The number of hydrogen-bond donors (Lipinski definition) is 1. The number of likely N-dealkylation sites (N-methyl/N-ethyl adjacent to an activating group) is 2. The van der Waals surface area contributed by atoms with Crippen LogP contribution in [-0.2, 0) is 13.1 Å². The van der Waals surface area contributed by atoms with Crippen molar-refractivity contribution < 1.29 is 0 Å². The highest BCUT2D eigenvalue weighted by molar-refractivity contribution is 4.86. The van der Waals surface area contributed by atoms with Gasteiger partial charge < -0.3 is 10.2 Å². The van der Waals surface area contributed by atoms with Gasteiger partial charge in [0.05, 0.1) is 6.54 Å². The Kier molecular flexibility index (Phi) is 5.30. The summed E-state index contributed by atoms with van der Waals surface area (Å²) < 4.78 is 1.99. The average molecular weight is 266 g/mol. The van der Waals surface area contributed by atoms with Crippen molar-refractivity contribution in [1.82, 2.24) is 29.9 Å². The van der Waals surface area contributed by atoms with Crippen LogP contribution in [0.4, 0.5) is 0 Å². The lowest BCUT2D eigenvalue weighted by Crippen LogP contribution is -2.53. The highest BCUT2D eigenvalue weighted by atomic mass is 15.3. The van der Waals surface area contributed by atoms with Gasteiger partial charge in [0.25, 0.3) is 0 Å². The van der Waals surface area contributed by atoms with Gasteiger partial charge in [0.1, 0.15) is 12.2 Å². The van der Waals surface area contributed by atoms with E-state index >= 15 is 0 Å². The highest BCUT2D eigenvalue weighted by Crippen LogP contribution is 2.05. The average Bonchev–Trinajstić information content (AvgIpc) is 2.82. The van der Waals surface area contributed by atoms with Crippen molar-refractivity contribution in [2.24, 2.45) is 0 Å². The SMILES string of the molecule is CCCn1ncnc1CNCC1CN(C)CCN1C. The predicted octanol–water partition coefficient (Wildman–Crippen LogP) is 0.0235. The molecule has 1 fully saturated rings. The summed E-state index contributed by atoms with van der Waals surface area (Å²) in [6, 6.07) is 0.585. The first-order valence-corrected chi connectivity index (χ1v) is 7.17. The summed E-state index contributed by atoms with van der Waals surface area (Å²) in [7, 11) is 4.40. The van der Waals surface area contributed by atoms with Crippen molar-refractivity contribution in [3.63, 3.8) is 0 Å². The molecule has 6 nitrogen and oxygen atoms in total. The molecule has 0 bridgehead atoms. The largest absolute Gasteiger partial charge is 0.308 e. The van der Waals surface area contributed by atoms with E-state index in [1.165, 1.54) is 0 Å². The van der Waals surface area contributed by atoms with Crippen molar-refractivity contribution in [3.8, 4) is 0 Å². The minimum Gasteiger partial charge on any atom is -0.308 e. The molecule has 2 rings (SSSR count). The third-order valence-corrected chi connectivity index (χ3v) is 3.77. The lowest BCUT2D eigenvalue weighted by atomic mass is 10.2. The molecular weight excluding hydrogens is 240 g/mol. The molecule has 1 atom stereocenters. The van der Waals surface area contributed by atoms with E-state index in [1.807, 2.05) is 4.68 Å². The van der Waals surface area contributed by atoms with Gasteiger partial charge in [-0.05, 0) is 20.5 Å². The van der Waals surface area contributed by atoms with Crippen LogP contribution in [0.25, 0.3) is 0 Å². The molecule has 0 spiro atoms. The fraction of sp³-hybridized carbons (Fsp3) is 0.846. The first-order valence-electron chi connectivity index (χ1n) is 7.17. The fourth-order valence-electron chi connectivity index (χ4n) is 2.50. The molecule has 0 amide bonds. The van der Waals surface area contributed by atoms with Crippen LogP contribution in [0, 0.1) is 0 Å². The lowest BCUT2D eigenvalue weighted by molar-refractivity contribution is 0.113. The van der Waals surface area contributed by atoms with Gasteiger partial charge >= 0.3 is 0 Å². The highest BCUT2D eigenvalue weighted by Gasteiger charge is 2.21. The third-order valence-electron chi connectivity index (χ3n) is 3.77. The van der Waals surface area contributed by atoms with Crippen molar-refractivity contribution >= 4 is 0 Å². The van der Waals surface area contributed by atoms with E-state index in [9.17, 15) is 0 Å². The Morgan fingerprint density at radius 3 is 3.00 bits per heavy atom. The Morgan fingerprint density at radius 2 is 2.21 bits per heavy atom. The molecule has 19 heavy (non-hydrogen) atoms. The van der Waals surface area contributed by atoms with E-state index < -0.39 is 0 Å². The monoisotopic (exact) mass is 266 g/mol.